The van der Waals surface area contributed by atoms with Crippen LogP contribution in [0.3, 0.4) is 0 Å². The Hall–Kier alpha value is -5.65. The number of aliphatic carboxylic acids is 1. The van der Waals surface area contributed by atoms with Gasteiger partial charge >= 0.3 is 6.09 Å². The smallest absolute Gasteiger partial charge is 0.411 e. The molecule has 0 spiro atoms. The van der Waals surface area contributed by atoms with Crippen LogP contribution < -0.4 is 16.4 Å². The van der Waals surface area contributed by atoms with Crippen LogP contribution in [0.5, 0.6) is 0 Å². The predicted molar refractivity (Wildman–Crippen MR) is 191 cm³/mol. The van der Waals surface area contributed by atoms with Crippen molar-refractivity contribution in [3.05, 3.63) is 94.7 Å². The molecule has 0 saturated heterocycles. The number of carboxylic acids is 1. The minimum atomic E-state index is -0.833. The van der Waals surface area contributed by atoms with Crippen molar-refractivity contribution >= 4 is 51.8 Å². The van der Waals surface area contributed by atoms with E-state index in [-0.39, 0.29) is 30.9 Å². The zero-order valence-corrected chi connectivity index (χ0v) is 28.7. The molecule has 4 aromatic rings. The number of pyridine rings is 1. The van der Waals surface area contributed by atoms with E-state index in [4.69, 9.17) is 20.4 Å². The first-order chi connectivity index (χ1) is 23.3. The van der Waals surface area contributed by atoms with Gasteiger partial charge in [0.15, 0.2) is 0 Å². The van der Waals surface area contributed by atoms with Crippen LogP contribution in [0.25, 0.3) is 10.8 Å². The molecule has 0 unspecified atom stereocenters. The number of aromatic nitrogens is 1. The second-order valence-corrected chi connectivity index (χ2v) is 12.0. The molecular formula is C37H44N6O6. The van der Waals surface area contributed by atoms with Crippen molar-refractivity contribution in [2.75, 3.05) is 43.1 Å². The van der Waals surface area contributed by atoms with E-state index in [1.807, 2.05) is 70.2 Å². The molecule has 6 rings (SSSR count). The number of hydrogen-bond acceptors (Lipinski definition) is 8. The lowest BCUT2D eigenvalue weighted by atomic mass is 9.92. The highest BCUT2D eigenvalue weighted by molar-refractivity contribution is 5.97. The van der Waals surface area contributed by atoms with Crippen LogP contribution in [0, 0.1) is 6.92 Å². The fourth-order valence-electron chi connectivity index (χ4n) is 5.87. The van der Waals surface area contributed by atoms with E-state index in [2.05, 4.69) is 15.6 Å². The van der Waals surface area contributed by atoms with Gasteiger partial charge in [-0.2, -0.15) is 0 Å². The molecule has 3 heterocycles. The molecule has 0 radical (unpaired) electrons. The number of aryl methyl sites for hydroxylation is 1. The number of carboxylic acid groups (broad SMARTS) is 1. The van der Waals surface area contributed by atoms with Crippen molar-refractivity contribution < 1.29 is 29.0 Å². The van der Waals surface area contributed by atoms with E-state index in [0.29, 0.717) is 35.7 Å². The van der Waals surface area contributed by atoms with Crippen LogP contribution in [0.2, 0.25) is 0 Å². The number of nitrogens with zero attached hydrogens (tertiary/aromatic N) is 3. The summed E-state index contributed by atoms with van der Waals surface area (Å²) in [6.07, 6.45) is 1.08. The quantitative estimate of drug-likeness (QED) is 0.194. The zero-order valence-electron chi connectivity index (χ0n) is 28.7. The number of anilines is 3. The number of nitrogens with one attached hydrogen (secondary N) is 2. The number of likely N-dealkylation sites (N-methyl/N-ethyl adjacent to an activating group) is 1. The SMILES string of the molecule is CC(=O)O.CCN(CC)C(=O)c1ccc2cc1CN(C)C(=O)[C@H](Nc1ccc3c(N)nccc3c1)c1ccc(c(C)c1)[C@@H](C)COC(=O)N2. The minimum absolute atomic E-state index is 0.0772. The normalized spacial score (nSPS) is 16.2. The highest BCUT2D eigenvalue weighted by Crippen LogP contribution is 2.30. The second-order valence-electron chi connectivity index (χ2n) is 12.0. The standard InChI is InChI=1S/C35H40N6O4.C2H4O2/c1-6-41(7-2)33(42)30-13-10-27-18-25(30)19-40(5)34(43)31(38-26-9-12-29-23(17-26)14-15-37-32(29)36)24-8-11-28(21(3)16-24)22(4)20-45-35(44)39-27;1-2(3)4/h8-18,22,31,38H,6-7,19-20H2,1-5H3,(H2,36,37)(H,39,44);1H3,(H,3,4)/t22-,31+;/m0./s1. The summed E-state index contributed by atoms with van der Waals surface area (Å²) < 4.78 is 5.58. The minimum Gasteiger partial charge on any atom is -0.481 e. The van der Waals surface area contributed by atoms with Crippen molar-refractivity contribution in [3.63, 3.8) is 0 Å². The first kappa shape index (κ1) is 36.2. The molecule has 1 aromatic heterocycles. The Morgan fingerprint density at radius 2 is 1.80 bits per heavy atom. The highest BCUT2D eigenvalue weighted by Gasteiger charge is 2.27. The van der Waals surface area contributed by atoms with E-state index >= 15 is 0 Å². The summed E-state index contributed by atoms with van der Waals surface area (Å²) in [5.41, 5.74) is 11.2. The van der Waals surface area contributed by atoms with Gasteiger partial charge in [-0.25, -0.2) is 9.78 Å². The molecule has 4 bridgehead atoms. The molecular weight excluding hydrogens is 624 g/mol. The monoisotopic (exact) mass is 668 g/mol. The van der Waals surface area contributed by atoms with E-state index < -0.39 is 18.1 Å². The molecule has 0 fully saturated rings. The molecule has 5 N–H and O–H groups in total. The predicted octanol–water partition coefficient (Wildman–Crippen LogP) is 6.18. The topological polar surface area (TPSA) is 167 Å². The molecule has 12 nitrogen and oxygen atoms in total. The van der Waals surface area contributed by atoms with Crippen LogP contribution in [0.1, 0.15) is 72.3 Å². The summed E-state index contributed by atoms with van der Waals surface area (Å²) in [5.74, 6) is -0.793. The first-order valence-corrected chi connectivity index (χ1v) is 16.1. The lowest BCUT2D eigenvalue weighted by Gasteiger charge is -2.28. The van der Waals surface area contributed by atoms with E-state index in [1.54, 1.807) is 41.2 Å². The van der Waals surface area contributed by atoms with Crippen LogP contribution in [0.4, 0.5) is 22.0 Å². The van der Waals surface area contributed by atoms with Crippen molar-refractivity contribution in [1.29, 1.82) is 0 Å². The first-order valence-electron chi connectivity index (χ1n) is 16.1. The highest BCUT2D eigenvalue weighted by atomic mass is 16.5. The van der Waals surface area contributed by atoms with Gasteiger partial charge in [-0.3, -0.25) is 19.7 Å². The number of nitrogen functional groups attached to an aromatic ring is 1. The van der Waals surface area contributed by atoms with E-state index in [1.165, 1.54) is 0 Å². The van der Waals surface area contributed by atoms with Crippen LogP contribution in [0.15, 0.2) is 66.9 Å². The van der Waals surface area contributed by atoms with Crippen LogP contribution in [-0.4, -0.2) is 70.5 Å². The van der Waals surface area contributed by atoms with Crippen LogP contribution >= 0.6 is 0 Å². The summed E-state index contributed by atoms with van der Waals surface area (Å²) in [6, 6.07) is 17.9. The van der Waals surface area contributed by atoms with Crippen molar-refractivity contribution in [3.8, 4) is 0 Å². The molecule has 2 aliphatic heterocycles. The van der Waals surface area contributed by atoms with Crippen LogP contribution in [-0.2, 0) is 20.9 Å². The Labute approximate surface area is 286 Å². The Bertz CT molecular complexity index is 1850. The molecule has 0 aliphatic carbocycles. The van der Waals surface area contributed by atoms with Gasteiger partial charge in [0.2, 0.25) is 5.91 Å². The molecule has 2 aliphatic rings. The van der Waals surface area contributed by atoms with Crippen molar-refractivity contribution in [1.82, 2.24) is 14.8 Å². The third-order valence-electron chi connectivity index (χ3n) is 8.39. The molecule has 3 aromatic carbocycles. The van der Waals surface area contributed by atoms with Gasteiger partial charge < -0.3 is 30.7 Å². The summed E-state index contributed by atoms with van der Waals surface area (Å²) in [7, 11) is 1.72. The van der Waals surface area contributed by atoms with E-state index in [0.717, 1.165) is 40.1 Å². The summed E-state index contributed by atoms with van der Waals surface area (Å²) in [4.78, 5) is 57.1. The number of carbonyl (C=O) groups excluding carboxylic acids is 3. The molecule has 3 amide bonds. The molecule has 0 saturated carbocycles. The maximum atomic E-state index is 14.3. The number of benzene rings is 3. The largest absolute Gasteiger partial charge is 0.481 e. The third-order valence-corrected chi connectivity index (χ3v) is 8.39. The second kappa shape index (κ2) is 16.0. The fraction of sp³-hybridized carbons (Fsp3) is 0.324. The summed E-state index contributed by atoms with van der Waals surface area (Å²) in [6.45, 7) is 10.3. The third kappa shape index (κ3) is 8.83. The van der Waals surface area contributed by atoms with Gasteiger partial charge in [0, 0.05) is 68.0 Å². The average Bonchev–Trinajstić information content (AvgIpc) is 3.06. The Kier molecular flexibility index (Phi) is 11.8. The summed E-state index contributed by atoms with van der Waals surface area (Å²) >= 11 is 0. The summed E-state index contributed by atoms with van der Waals surface area (Å²) in [5, 5.41) is 15.4. The van der Waals surface area contributed by atoms with Gasteiger partial charge in [0.25, 0.3) is 11.9 Å². The number of fused-ring (bicyclic) bond motifs is 10. The van der Waals surface area contributed by atoms with Gasteiger partial charge in [0.1, 0.15) is 11.9 Å². The molecule has 258 valence electrons. The zero-order chi connectivity index (χ0) is 35.8. The maximum Gasteiger partial charge on any atom is 0.411 e. The Morgan fingerprint density at radius 1 is 1.08 bits per heavy atom. The van der Waals surface area contributed by atoms with Gasteiger partial charge in [-0.15, -0.1) is 0 Å². The van der Waals surface area contributed by atoms with E-state index in [9.17, 15) is 14.4 Å². The number of hydrogen-bond donors (Lipinski definition) is 4. The number of rotatable bonds is 5. The number of ether oxygens (including phenoxy) is 1. The molecule has 49 heavy (non-hydrogen) atoms. The number of carbonyl (C=O) groups is 4. The molecule has 2 atom stereocenters. The van der Waals surface area contributed by atoms with Gasteiger partial charge in [0.05, 0.1) is 6.61 Å². The van der Waals surface area contributed by atoms with Crippen molar-refractivity contribution in [2.45, 2.75) is 53.1 Å². The Balaban J connectivity index is 0.00000128. The lowest BCUT2D eigenvalue weighted by Crippen LogP contribution is -2.36. The maximum absolute atomic E-state index is 14.3. The number of nitrogens with two attached hydrogens (primary N) is 1. The molecule has 12 heteroatoms. The average molecular weight is 669 g/mol. The lowest BCUT2D eigenvalue weighted by molar-refractivity contribution is -0.134. The number of amides is 3. The van der Waals surface area contributed by atoms with Crippen molar-refractivity contribution in [2.24, 2.45) is 0 Å². The van der Waals surface area contributed by atoms with Gasteiger partial charge in [-0.05, 0) is 90.9 Å². The Morgan fingerprint density at radius 3 is 2.47 bits per heavy atom. The van der Waals surface area contributed by atoms with Gasteiger partial charge in [-0.1, -0.05) is 25.1 Å². The fourth-order valence-corrected chi connectivity index (χ4v) is 5.87.